The third-order valence-electron chi connectivity index (χ3n) is 1.90. The molecule has 0 radical (unpaired) electrons. The molecule has 0 aromatic heterocycles. The third kappa shape index (κ3) is 2.54. The van der Waals surface area contributed by atoms with Gasteiger partial charge < -0.3 is 10.5 Å². The minimum absolute atomic E-state index is 0.101. The fourth-order valence-corrected chi connectivity index (χ4v) is 1.59. The number of benzene rings is 1. The van der Waals surface area contributed by atoms with Crippen LogP contribution in [0.3, 0.4) is 0 Å². The maximum Gasteiger partial charge on any atom is 0.185 e. The second-order valence-corrected chi connectivity index (χ2v) is 4.03. The van der Waals surface area contributed by atoms with Crippen LogP contribution in [0.1, 0.15) is 17.3 Å². The van der Waals surface area contributed by atoms with Gasteiger partial charge >= 0.3 is 0 Å². The van der Waals surface area contributed by atoms with Crippen molar-refractivity contribution in [3.8, 4) is 5.75 Å². The van der Waals surface area contributed by atoms with Crippen molar-refractivity contribution in [1.29, 1.82) is 0 Å². The van der Waals surface area contributed by atoms with E-state index in [0.29, 0.717) is 4.47 Å². The zero-order chi connectivity index (χ0) is 11.6. The van der Waals surface area contributed by atoms with Crippen molar-refractivity contribution in [2.24, 2.45) is 5.73 Å². The van der Waals surface area contributed by atoms with Crippen LogP contribution in [0.4, 0.5) is 4.39 Å². The van der Waals surface area contributed by atoms with E-state index in [9.17, 15) is 9.18 Å². The van der Waals surface area contributed by atoms with E-state index in [1.807, 2.05) is 0 Å². The van der Waals surface area contributed by atoms with Gasteiger partial charge in [-0.05, 0) is 19.1 Å². The lowest BCUT2D eigenvalue weighted by atomic mass is 10.0. The van der Waals surface area contributed by atoms with Crippen LogP contribution in [0.15, 0.2) is 16.6 Å². The Bertz CT molecular complexity index is 393. The molecule has 1 rings (SSSR count). The molecule has 0 bridgehead atoms. The van der Waals surface area contributed by atoms with E-state index in [-0.39, 0.29) is 11.3 Å². The summed E-state index contributed by atoms with van der Waals surface area (Å²) in [7, 11) is 1.37. The van der Waals surface area contributed by atoms with Gasteiger partial charge in [0.2, 0.25) is 0 Å². The monoisotopic (exact) mass is 275 g/mol. The van der Waals surface area contributed by atoms with Crippen molar-refractivity contribution in [2.45, 2.75) is 13.0 Å². The smallest absolute Gasteiger partial charge is 0.185 e. The molecular weight excluding hydrogens is 265 g/mol. The van der Waals surface area contributed by atoms with Gasteiger partial charge in [-0.3, -0.25) is 4.79 Å². The molecule has 1 unspecified atom stereocenters. The Morgan fingerprint density at radius 3 is 2.67 bits per heavy atom. The van der Waals surface area contributed by atoms with Crippen molar-refractivity contribution in [3.05, 3.63) is 28.0 Å². The van der Waals surface area contributed by atoms with Gasteiger partial charge in [-0.15, -0.1) is 0 Å². The Morgan fingerprint density at radius 1 is 1.60 bits per heavy atom. The summed E-state index contributed by atoms with van der Waals surface area (Å²) in [5, 5.41) is 0. The van der Waals surface area contributed by atoms with E-state index in [1.165, 1.54) is 26.2 Å². The summed E-state index contributed by atoms with van der Waals surface area (Å²) in [5.74, 6) is -0.926. The fraction of sp³-hybridized carbons (Fsp3) is 0.300. The first kappa shape index (κ1) is 12.1. The normalized spacial score (nSPS) is 12.3. The summed E-state index contributed by atoms with van der Waals surface area (Å²) >= 11 is 3.11. The zero-order valence-electron chi connectivity index (χ0n) is 8.38. The topological polar surface area (TPSA) is 52.3 Å². The minimum atomic E-state index is -0.755. The molecule has 82 valence electrons. The Balaban J connectivity index is 3.33. The molecule has 0 saturated carbocycles. The van der Waals surface area contributed by atoms with Gasteiger partial charge in [0, 0.05) is 4.47 Å². The summed E-state index contributed by atoms with van der Waals surface area (Å²) in [6, 6.07) is 1.98. The standard InChI is InChI=1S/C10H11BrFNO2/c1-5(13)10(14)9-7(12)3-6(11)4-8(9)15-2/h3-5H,13H2,1-2H3. The van der Waals surface area contributed by atoms with Crippen LogP contribution >= 0.6 is 15.9 Å². The molecule has 15 heavy (non-hydrogen) atoms. The Kier molecular flexibility index (Phi) is 3.82. The highest BCUT2D eigenvalue weighted by molar-refractivity contribution is 9.10. The highest BCUT2D eigenvalue weighted by atomic mass is 79.9. The van der Waals surface area contributed by atoms with Gasteiger partial charge in [-0.1, -0.05) is 15.9 Å². The van der Waals surface area contributed by atoms with Crippen LogP contribution in [0.5, 0.6) is 5.75 Å². The lowest BCUT2D eigenvalue weighted by molar-refractivity contribution is 0.0960. The number of hydrogen-bond acceptors (Lipinski definition) is 3. The molecule has 0 aliphatic heterocycles. The quantitative estimate of drug-likeness (QED) is 0.860. The molecule has 0 spiro atoms. The van der Waals surface area contributed by atoms with Crippen LogP contribution in [0.2, 0.25) is 0 Å². The number of ether oxygens (including phenoxy) is 1. The number of halogens is 2. The molecule has 2 N–H and O–H groups in total. The van der Waals surface area contributed by atoms with Gasteiger partial charge in [-0.2, -0.15) is 0 Å². The summed E-state index contributed by atoms with van der Waals surface area (Å²) in [4.78, 5) is 11.6. The Hall–Kier alpha value is -0.940. The first-order valence-corrected chi connectivity index (χ1v) is 5.09. The Labute approximate surface area is 95.5 Å². The van der Waals surface area contributed by atoms with Crippen LogP contribution in [0, 0.1) is 5.82 Å². The van der Waals surface area contributed by atoms with E-state index < -0.39 is 17.6 Å². The second kappa shape index (κ2) is 4.72. The van der Waals surface area contributed by atoms with E-state index >= 15 is 0 Å². The summed E-state index contributed by atoms with van der Waals surface area (Å²) in [6.07, 6.45) is 0. The van der Waals surface area contributed by atoms with Gasteiger partial charge in [0.15, 0.2) is 5.78 Å². The SMILES string of the molecule is COc1cc(Br)cc(F)c1C(=O)C(C)N. The zero-order valence-corrected chi connectivity index (χ0v) is 9.97. The largest absolute Gasteiger partial charge is 0.496 e. The maximum absolute atomic E-state index is 13.5. The number of carbonyl (C=O) groups excluding carboxylic acids is 1. The molecule has 0 saturated heterocycles. The van der Waals surface area contributed by atoms with E-state index in [1.54, 1.807) is 0 Å². The van der Waals surface area contributed by atoms with Gasteiger partial charge in [0.25, 0.3) is 0 Å². The molecule has 1 aromatic rings. The molecule has 0 amide bonds. The van der Waals surface area contributed by atoms with Gasteiger partial charge in [0.05, 0.1) is 18.7 Å². The molecule has 0 heterocycles. The number of rotatable bonds is 3. The number of nitrogens with two attached hydrogens (primary N) is 1. The molecule has 3 nitrogen and oxygen atoms in total. The molecular formula is C10H11BrFNO2. The van der Waals surface area contributed by atoms with Crippen LogP contribution < -0.4 is 10.5 Å². The van der Waals surface area contributed by atoms with Crippen molar-refractivity contribution in [1.82, 2.24) is 0 Å². The molecule has 1 atom stereocenters. The third-order valence-corrected chi connectivity index (χ3v) is 2.36. The second-order valence-electron chi connectivity index (χ2n) is 3.12. The van der Waals surface area contributed by atoms with Crippen LogP contribution in [-0.2, 0) is 0 Å². The number of ketones is 1. The molecule has 1 aromatic carbocycles. The summed E-state index contributed by atoms with van der Waals surface area (Å²) < 4.78 is 19.0. The Morgan fingerprint density at radius 2 is 2.20 bits per heavy atom. The van der Waals surface area contributed by atoms with E-state index in [0.717, 1.165) is 0 Å². The summed E-state index contributed by atoms with van der Waals surface area (Å²) in [5.41, 5.74) is 5.31. The molecule has 0 aliphatic carbocycles. The number of hydrogen-bond donors (Lipinski definition) is 1. The average Bonchev–Trinajstić information content (AvgIpc) is 2.15. The van der Waals surface area contributed by atoms with Crippen molar-refractivity contribution >= 4 is 21.7 Å². The summed E-state index contributed by atoms with van der Waals surface area (Å²) in [6.45, 7) is 1.50. The minimum Gasteiger partial charge on any atom is -0.496 e. The predicted octanol–water partition coefficient (Wildman–Crippen LogP) is 2.13. The van der Waals surface area contributed by atoms with Crippen LogP contribution in [-0.4, -0.2) is 18.9 Å². The number of carbonyl (C=O) groups is 1. The van der Waals surface area contributed by atoms with Gasteiger partial charge in [0.1, 0.15) is 11.6 Å². The molecule has 5 heteroatoms. The van der Waals surface area contributed by atoms with Crippen molar-refractivity contribution < 1.29 is 13.9 Å². The highest BCUT2D eigenvalue weighted by Gasteiger charge is 2.21. The number of Topliss-reactive ketones (excluding diaryl/α,β-unsaturated/α-hetero) is 1. The average molecular weight is 276 g/mol. The van der Waals surface area contributed by atoms with Crippen molar-refractivity contribution in [3.63, 3.8) is 0 Å². The first-order chi connectivity index (χ1) is 6.97. The highest BCUT2D eigenvalue weighted by Crippen LogP contribution is 2.27. The van der Waals surface area contributed by atoms with E-state index in [4.69, 9.17) is 10.5 Å². The predicted molar refractivity (Wildman–Crippen MR) is 58.6 cm³/mol. The lowest BCUT2D eigenvalue weighted by Gasteiger charge is -2.11. The van der Waals surface area contributed by atoms with Gasteiger partial charge in [-0.25, -0.2) is 4.39 Å². The molecule has 0 aliphatic rings. The maximum atomic E-state index is 13.5. The lowest BCUT2D eigenvalue weighted by Crippen LogP contribution is -2.27. The fourth-order valence-electron chi connectivity index (χ4n) is 1.18. The van der Waals surface area contributed by atoms with E-state index in [2.05, 4.69) is 15.9 Å². The first-order valence-electron chi connectivity index (χ1n) is 4.30. The molecule has 0 fully saturated rings. The number of methoxy groups -OCH3 is 1. The van der Waals surface area contributed by atoms with Crippen LogP contribution in [0.25, 0.3) is 0 Å². The van der Waals surface area contributed by atoms with Crippen molar-refractivity contribution in [2.75, 3.05) is 7.11 Å².